The molecule has 4 heteroatoms. The van der Waals surface area contributed by atoms with E-state index in [1.165, 1.54) is 6.42 Å². The second kappa shape index (κ2) is 6.66. The van der Waals surface area contributed by atoms with E-state index >= 15 is 0 Å². The van der Waals surface area contributed by atoms with Gasteiger partial charge in [0.25, 0.3) is 0 Å². The smallest absolute Gasteiger partial charge is 0.240 e. The van der Waals surface area contributed by atoms with Gasteiger partial charge in [0.2, 0.25) is 5.91 Å². The van der Waals surface area contributed by atoms with Crippen molar-refractivity contribution in [2.24, 2.45) is 0 Å². The molecule has 19 heavy (non-hydrogen) atoms. The Labute approximate surface area is 115 Å². The number of amides is 1. The molecule has 0 aromatic carbocycles. The third kappa shape index (κ3) is 3.77. The monoisotopic (exact) mass is 261 g/mol. The molecule has 4 nitrogen and oxygen atoms in total. The molecule has 0 saturated carbocycles. The lowest BCUT2D eigenvalue weighted by atomic mass is 10.0. The number of carbonyl (C=O) groups excluding carboxylic acids is 1. The van der Waals surface area contributed by atoms with E-state index in [0.29, 0.717) is 6.54 Å². The summed E-state index contributed by atoms with van der Waals surface area (Å²) in [6, 6.07) is 6.01. The molecule has 1 N–H and O–H groups in total. The summed E-state index contributed by atoms with van der Waals surface area (Å²) in [7, 11) is 0. The summed E-state index contributed by atoms with van der Waals surface area (Å²) in [5.41, 5.74) is 0.945. The maximum atomic E-state index is 12.6. The third-order valence-corrected chi connectivity index (χ3v) is 3.57. The maximum absolute atomic E-state index is 12.6. The van der Waals surface area contributed by atoms with Crippen molar-refractivity contribution < 1.29 is 4.79 Å². The van der Waals surface area contributed by atoms with Crippen LogP contribution in [0, 0.1) is 0 Å². The molecule has 1 amide bonds. The van der Waals surface area contributed by atoms with Crippen LogP contribution in [-0.4, -0.2) is 34.4 Å². The lowest BCUT2D eigenvalue weighted by Crippen LogP contribution is -2.50. The van der Waals surface area contributed by atoms with Gasteiger partial charge >= 0.3 is 0 Å². The number of hydrogen-bond donors (Lipinski definition) is 1. The van der Waals surface area contributed by atoms with Gasteiger partial charge in [-0.25, -0.2) is 0 Å². The van der Waals surface area contributed by atoms with Crippen molar-refractivity contribution in [3.63, 3.8) is 0 Å². The number of aromatic nitrogens is 1. The second-order valence-electron chi connectivity index (χ2n) is 5.38. The molecule has 0 aliphatic carbocycles. The first-order chi connectivity index (χ1) is 9.18. The number of nitrogens with zero attached hydrogens (tertiary/aromatic N) is 2. The minimum absolute atomic E-state index is 0.0140. The number of pyridine rings is 1. The summed E-state index contributed by atoms with van der Waals surface area (Å²) in [5.74, 6) is 0.209. The second-order valence-corrected chi connectivity index (χ2v) is 5.38. The zero-order valence-electron chi connectivity index (χ0n) is 11.8. The Morgan fingerprint density at radius 3 is 2.89 bits per heavy atom. The molecule has 1 aliphatic rings. The molecule has 1 saturated heterocycles. The van der Waals surface area contributed by atoms with Gasteiger partial charge in [0.1, 0.15) is 0 Å². The van der Waals surface area contributed by atoms with E-state index < -0.39 is 0 Å². The van der Waals surface area contributed by atoms with Crippen molar-refractivity contribution in [1.82, 2.24) is 15.2 Å². The topological polar surface area (TPSA) is 45.2 Å². The van der Waals surface area contributed by atoms with Crippen LogP contribution < -0.4 is 5.32 Å². The van der Waals surface area contributed by atoms with E-state index in [1.54, 1.807) is 6.20 Å². The Morgan fingerprint density at radius 2 is 2.32 bits per heavy atom. The Hall–Kier alpha value is -1.42. The van der Waals surface area contributed by atoms with Crippen molar-refractivity contribution in [1.29, 1.82) is 0 Å². The van der Waals surface area contributed by atoms with Gasteiger partial charge in [-0.1, -0.05) is 12.5 Å². The minimum atomic E-state index is -0.0140. The maximum Gasteiger partial charge on any atom is 0.240 e. The first-order valence-corrected chi connectivity index (χ1v) is 7.12. The molecule has 0 radical (unpaired) electrons. The van der Waals surface area contributed by atoms with Gasteiger partial charge in [0.15, 0.2) is 0 Å². The van der Waals surface area contributed by atoms with Gasteiger partial charge in [-0.15, -0.1) is 0 Å². The molecule has 1 atom stereocenters. The van der Waals surface area contributed by atoms with Crippen molar-refractivity contribution in [3.05, 3.63) is 30.1 Å². The predicted molar refractivity (Wildman–Crippen MR) is 75.6 cm³/mol. The molecule has 1 aromatic rings. The number of nitrogens with one attached hydrogen (secondary N) is 1. The van der Waals surface area contributed by atoms with Gasteiger partial charge in [0, 0.05) is 12.2 Å². The largest absolute Gasteiger partial charge is 0.333 e. The van der Waals surface area contributed by atoms with Crippen LogP contribution in [0.25, 0.3) is 0 Å². The standard InChI is InChI=1S/C15H23N3O/c1-12(2)18(11-13-7-3-5-9-16-13)15(19)14-8-4-6-10-17-14/h3,5,7,9,12,14,17H,4,6,8,10-11H2,1-2H3/t14-/m1/s1. The highest BCUT2D eigenvalue weighted by Crippen LogP contribution is 2.14. The number of piperidine rings is 1. The predicted octanol–water partition coefficient (Wildman–Crippen LogP) is 1.96. The van der Waals surface area contributed by atoms with Crippen molar-refractivity contribution in [2.45, 2.75) is 51.7 Å². The summed E-state index contributed by atoms with van der Waals surface area (Å²) in [6.07, 6.45) is 5.03. The number of rotatable bonds is 4. The Morgan fingerprint density at radius 1 is 1.47 bits per heavy atom. The first-order valence-electron chi connectivity index (χ1n) is 7.12. The summed E-state index contributed by atoms with van der Waals surface area (Å²) in [4.78, 5) is 18.8. The lowest BCUT2D eigenvalue weighted by molar-refractivity contribution is -0.136. The highest BCUT2D eigenvalue weighted by atomic mass is 16.2. The van der Waals surface area contributed by atoms with E-state index in [4.69, 9.17) is 0 Å². The van der Waals surface area contributed by atoms with Crippen LogP contribution in [0.4, 0.5) is 0 Å². The first kappa shape index (κ1) is 14.0. The van der Waals surface area contributed by atoms with Crippen LogP contribution >= 0.6 is 0 Å². The molecule has 2 rings (SSSR count). The van der Waals surface area contributed by atoms with Crippen molar-refractivity contribution >= 4 is 5.91 Å². The Balaban J connectivity index is 2.04. The fourth-order valence-corrected chi connectivity index (χ4v) is 2.44. The normalized spacial score (nSPS) is 19.4. The zero-order valence-corrected chi connectivity index (χ0v) is 11.8. The quantitative estimate of drug-likeness (QED) is 0.901. The number of carbonyl (C=O) groups is 1. The van der Waals surface area contributed by atoms with Crippen LogP contribution in [0.1, 0.15) is 38.8 Å². The molecule has 0 unspecified atom stereocenters. The van der Waals surface area contributed by atoms with E-state index in [2.05, 4.69) is 24.1 Å². The van der Waals surface area contributed by atoms with Crippen LogP contribution in [0.15, 0.2) is 24.4 Å². The average molecular weight is 261 g/mol. The minimum Gasteiger partial charge on any atom is -0.333 e. The van der Waals surface area contributed by atoms with Crippen LogP contribution in [0.3, 0.4) is 0 Å². The van der Waals surface area contributed by atoms with E-state index in [9.17, 15) is 4.79 Å². The SMILES string of the molecule is CC(C)N(Cc1ccccn1)C(=O)[C@H]1CCCCN1. The molecule has 104 valence electrons. The van der Waals surface area contributed by atoms with Gasteiger partial charge in [-0.05, 0) is 45.4 Å². The summed E-state index contributed by atoms with van der Waals surface area (Å²) in [6.45, 7) is 5.66. The third-order valence-electron chi connectivity index (χ3n) is 3.57. The lowest BCUT2D eigenvalue weighted by Gasteiger charge is -2.32. The molecular weight excluding hydrogens is 238 g/mol. The summed E-state index contributed by atoms with van der Waals surface area (Å²) in [5, 5.41) is 3.33. The molecule has 1 aliphatic heterocycles. The van der Waals surface area contributed by atoms with Crippen LogP contribution in [-0.2, 0) is 11.3 Å². The van der Waals surface area contributed by atoms with Crippen molar-refractivity contribution in [2.75, 3.05) is 6.54 Å². The Bertz CT molecular complexity index is 399. The molecule has 1 fully saturated rings. The molecular formula is C15H23N3O. The van der Waals surface area contributed by atoms with Crippen LogP contribution in [0.2, 0.25) is 0 Å². The van der Waals surface area contributed by atoms with Gasteiger partial charge in [-0.3, -0.25) is 9.78 Å². The highest BCUT2D eigenvalue weighted by molar-refractivity contribution is 5.82. The van der Waals surface area contributed by atoms with Crippen LogP contribution in [0.5, 0.6) is 0 Å². The molecule has 0 bridgehead atoms. The molecule has 1 aromatic heterocycles. The van der Waals surface area contributed by atoms with Gasteiger partial charge < -0.3 is 10.2 Å². The number of hydrogen-bond acceptors (Lipinski definition) is 3. The summed E-state index contributed by atoms with van der Waals surface area (Å²) >= 11 is 0. The van der Waals surface area contributed by atoms with Gasteiger partial charge in [0.05, 0.1) is 18.3 Å². The highest BCUT2D eigenvalue weighted by Gasteiger charge is 2.27. The molecule has 0 spiro atoms. The fraction of sp³-hybridized carbons (Fsp3) is 0.600. The molecule has 2 heterocycles. The average Bonchev–Trinajstić information content (AvgIpc) is 2.46. The van der Waals surface area contributed by atoms with E-state index in [-0.39, 0.29) is 18.0 Å². The zero-order chi connectivity index (χ0) is 13.7. The van der Waals surface area contributed by atoms with E-state index in [1.807, 2.05) is 23.1 Å². The fourth-order valence-electron chi connectivity index (χ4n) is 2.44. The van der Waals surface area contributed by atoms with Crippen molar-refractivity contribution in [3.8, 4) is 0 Å². The van der Waals surface area contributed by atoms with Gasteiger partial charge in [-0.2, -0.15) is 0 Å². The Kier molecular flexibility index (Phi) is 4.91. The summed E-state index contributed by atoms with van der Waals surface area (Å²) < 4.78 is 0. The van der Waals surface area contributed by atoms with E-state index in [0.717, 1.165) is 25.1 Å².